The van der Waals surface area contributed by atoms with Crippen LogP contribution in [0.4, 0.5) is 0 Å². The second-order valence-electron chi connectivity index (χ2n) is 6.00. The van der Waals surface area contributed by atoms with E-state index in [1.807, 2.05) is 44.2 Å². The molecule has 2 atom stereocenters. The molecule has 4 nitrogen and oxygen atoms in total. The van der Waals surface area contributed by atoms with Crippen molar-refractivity contribution in [3.8, 4) is 0 Å². The molecule has 2 unspecified atom stereocenters. The first-order valence-corrected chi connectivity index (χ1v) is 7.60. The molecule has 2 rings (SSSR count). The van der Waals surface area contributed by atoms with Crippen molar-refractivity contribution in [2.24, 2.45) is 5.92 Å². The van der Waals surface area contributed by atoms with Crippen molar-refractivity contribution in [1.82, 2.24) is 5.32 Å². The average Bonchev–Trinajstić information content (AvgIpc) is 2.43. The molecule has 2 N–H and O–H groups in total. The third-order valence-electron chi connectivity index (χ3n) is 4.63. The standard InChI is InChI=1S/C17H23NO3/c1-3-12(2)14(13-8-5-4-6-9-13)15(19)18-17(16(20)21)10-7-11-17/h4-6,8-9,12,14H,3,7,10-11H2,1-2H3,(H,18,19)(H,20,21). The van der Waals surface area contributed by atoms with Gasteiger partial charge in [-0.2, -0.15) is 0 Å². The molecule has 1 saturated carbocycles. The van der Waals surface area contributed by atoms with Gasteiger partial charge in [-0.15, -0.1) is 0 Å². The summed E-state index contributed by atoms with van der Waals surface area (Å²) in [5, 5.41) is 12.2. The Morgan fingerprint density at radius 1 is 1.29 bits per heavy atom. The molecular formula is C17H23NO3. The summed E-state index contributed by atoms with van der Waals surface area (Å²) in [6.45, 7) is 4.08. The maximum Gasteiger partial charge on any atom is 0.329 e. The fraction of sp³-hybridized carbons (Fsp3) is 0.529. The first-order valence-electron chi connectivity index (χ1n) is 7.60. The normalized spacial score (nSPS) is 19.1. The number of hydrogen-bond donors (Lipinski definition) is 2. The summed E-state index contributed by atoms with van der Waals surface area (Å²) < 4.78 is 0. The summed E-state index contributed by atoms with van der Waals surface area (Å²) in [7, 11) is 0. The van der Waals surface area contributed by atoms with Gasteiger partial charge in [-0.1, -0.05) is 50.6 Å². The lowest BCUT2D eigenvalue weighted by Crippen LogP contribution is -2.60. The van der Waals surface area contributed by atoms with Crippen molar-refractivity contribution in [2.75, 3.05) is 0 Å². The lowest BCUT2D eigenvalue weighted by atomic mass is 9.75. The Bertz CT molecular complexity index is 508. The van der Waals surface area contributed by atoms with Gasteiger partial charge in [-0.05, 0) is 30.7 Å². The molecule has 1 fully saturated rings. The van der Waals surface area contributed by atoms with Crippen LogP contribution in [0.3, 0.4) is 0 Å². The van der Waals surface area contributed by atoms with Gasteiger partial charge in [0.25, 0.3) is 0 Å². The van der Waals surface area contributed by atoms with E-state index in [9.17, 15) is 14.7 Å². The van der Waals surface area contributed by atoms with Crippen LogP contribution in [-0.2, 0) is 9.59 Å². The molecule has 1 aliphatic rings. The molecule has 0 saturated heterocycles. The van der Waals surface area contributed by atoms with E-state index in [1.54, 1.807) is 0 Å². The van der Waals surface area contributed by atoms with E-state index in [-0.39, 0.29) is 17.7 Å². The third kappa shape index (κ3) is 3.09. The number of carbonyl (C=O) groups is 2. The largest absolute Gasteiger partial charge is 0.480 e. The Morgan fingerprint density at radius 2 is 1.90 bits per heavy atom. The second-order valence-corrected chi connectivity index (χ2v) is 6.00. The number of aliphatic carboxylic acids is 1. The highest BCUT2D eigenvalue weighted by Crippen LogP contribution is 2.34. The zero-order valence-electron chi connectivity index (χ0n) is 12.6. The highest BCUT2D eigenvalue weighted by molar-refractivity contribution is 5.91. The van der Waals surface area contributed by atoms with E-state index in [4.69, 9.17) is 0 Å². The van der Waals surface area contributed by atoms with Crippen LogP contribution in [-0.4, -0.2) is 22.5 Å². The molecule has 1 aromatic carbocycles. The summed E-state index contributed by atoms with van der Waals surface area (Å²) in [5.41, 5.74) is -0.0957. The van der Waals surface area contributed by atoms with Gasteiger partial charge in [0.2, 0.25) is 5.91 Å². The van der Waals surface area contributed by atoms with Crippen LogP contribution < -0.4 is 5.32 Å². The topological polar surface area (TPSA) is 66.4 Å². The molecule has 1 amide bonds. The summed E-state index contributed by atoms with van der Waals surface area (Å²) in [4.78, 5) is 24.1. The molecule has 0 aromatic heterocycles. The highest BCUT2D eigenvalue weighted by Gasteiger charge is 2.46. The van der Waals surface area contributed by atoms with Crippen LogP contribution in [0, 0.1) is 5.92 Å². The zero-order chi connectivity index (χ0) is 15.5. The molecule has 0 heterocycles. The SMILES string of the molecule is CCC(C)C(C(=O)NC1(C(=O)O)CCC1)c1ccccc1. The van der Waals surface area contributed by atoms with E-state index in [2.05, 4.69) is 5.32 Å². The van der Waals surface area contributed by atoms with Crippen LogP contribution in [0.25, 0.3) is 0 Å². The van der Waals surface area contributed by atoms with Crippen molar-refractivity contribution >= 4 is 11.9 Å². The third-order valence-corrected chi connectivity index (χ3v) is 4.63. The van der Waals surface area contributed by atoms with Gasteiger partial charge >= 0.3 is 5.97 Å². The monoisotopic (exact) mass is 289 g/mol. The number of benzene rings is 1. The summed E-state index contributed by atoms with van der Waals surface area (Å²) in [6.07, 6.45) is 2.77. The Hall–Kier alpha value is -1.84. The molecule has 0 aliphatic heterocycles. The van der Waals surface area contributed by atoms with Crippen molar-refractivity contribution < 1.29 is 14.7 Å². The van der Waals surface area contributed by atoms with Crippen molar-refractivity contribution in [2.45, 2.75) is 51.0 Å². The van der Waals surface area contributed by atoms with E-state index in [0.717, 1.165) is 18.4 Å². The molecular weight excluding hydrogens is 266 g/mol. The number of rotatable bonds is 6. The summed E-state index contributed by atoms with van der Waals surface area (Å²) in [6, 6.07) is 9.61. The van der Waals surface area contributed by atoms with E-state index >= 15 is 0 Å². The first kappa shape index (κ1) is 15.5. The molecule has 21 heavy (non-hydrogen) atoms. The van der Waals surface area contributed by atoms with Crippen LogP contribution in [0.15, 0.2) is 30.3 Å². The van der Waals surface area contributed by atoms with Crippen LogP contribution >= 0.6 is 0 Å². The first-order chi connectivity index (χ1) is 10.00. The lowest BCUT2D eigenvalue weighted by Gasteiger charge is -2.39. The summed E-state index contributed by atoms with van der Waals surface area (Å²) in [5.74, 6) is -1.22. The number of nitrogens with one attached hydrogen (secondary N) is 1. The van der Waals surface area contributed by atoms with Gasteiger partial charge in [0.15, 0.2) is 0 Å². The predicted octanol–water partition coefficient (Wildman–Crippen LogP) is 2.94. The predicted molar refractivity (Wildman–Crippen MR) is 81.0 cm³/mol. The number of amides is 1. The Labute approximate surface area is 125 Å². The van der Waals surface area contributed by atoms with Crippen molar-refractivity contribution in [3.63, 3.8) is 0 Å². The maximum atomic E-state index is 12.7. The molecule has 0 spiro atoms. The smallest absolute Gasteiger partial charge is 0.329 e. The average molecular weight is 289 g/mol. The number of carboxylic acid groups (broad SMARTS) is 1. The fourth-order valence-electron chi connectivity index (χ4n) is 2.87. The van der Waals surface area contributed by atoms with Crippen molar-refractivity contribution in [3.05, 3.63) is 35.9 Å². The minimum Gasteiger partial charge on any atom is -0.480 e. The maximum absolute atomic E-state index is 12.7. The van der Waals surface area contributed by atoms with Gasteiger partial charge < -0.3 is 10.4 Å². The van der Waals surface area contributed by atoms with Gasteiger partial charge in [-0.25, -0.2) is 4.79 Å². The molecule has 4 heteroatoms. The minimum absolute atomic E-state index is 0.165. The van der Waals surface area contributed by atoms with Crippen LogP contribution in [0.2, 0.25) is 0 Å². The molecule has 0 bridgehead atoms. The Balaban J connectivity index is 2.21. The Morgan fingerprint density at radius 3 is 2.33 bits per heavy atom. The highest BCUT2D eigenvalue weighted by atomic mass is 16.4. The Kier molecular flexibility index (Phi) is 4.66. The molecule has 1 aliphatic carbocycles. The second kappa shape index (κ2) is 6.29. The lowest BCUT2D eigenvalue weighted by molar-refractivity contribution is -0.152. The van der Waals surface area contributed by atoms with E-state index in [1.165, 1.54) is 0 Å². The van der Waals surface area contributed by atoms with Crippen LogP contribution in [0.1, 0.15) is 51.0 Å². The number of carboxylic acids is 1. The van der Waals surface area contributed by atoms with Gasteiger partial charge in [0.05, 0.1) is 5.92 Å². The fourth-order valence-corrected chi connectivity index (χ4v) is 2.87. The molecule has 1 aromatic rings. The van der Waals surface area contributed by atoms with Gasteiger partial charge in [-0.3, -0.25) is 4.79 Å². The number of carbonyl (C=O) groups excluding carboxylic acids is 1. The molecule has 114 valence electrons. The zero-order valence-corrected chi connectivity index (χ0v) is 12.6. The molecule has 0 radical (unpaired) electrons. The van der Waals surface area contributed by atoms with E-state index < -0.39 is 11.5 Å². The van der Waals surface area contributed by atoms with E-state index in [0.29, 0.717) is 12.8 Å². The quantitative estimate of drug-likeness (QED) is 0.846. The van der Waals surface area contributed by atoms with Gasteiger partial charge in [0.1, 0.15) is 5.54 Å². The van der Waals surface area contributed by atoms with Crippen LogP contribution in [0.5, 0.6) is 0 Å². The van der Waals surface area contributed by atoms with Crippen molar-refractivity contribution in [1.29, 1.82) is 0 Å². The minimum atomic E-state index is -1.04. The number of hydrogen-bond acceptors (Lipinski definition) is 2. The summed E-state index contributed by atoms with van der Waals surface area (Å²) >= 11 is 0. The van der Waals surface area contributed by atoms with Gasteiger partial charge in [0, 0.05) is 0 Å².